The van der Waals surface area contributed by atoms with Gasteiger partial charge in [-0.3, -0.25) is 10.1 Å². The number of nitrogens with two attached hydrogens (primary N) is 1. The van der Waals surface area contributed by atoms with Gasteiger partial charge in [0.15, 0.2) is 4.90 Å². The van der Waals surface area contributed by atoms with Crippen LogP contribution in [-0.4, -0.2) is 36.8 Å². The zero-order valence-corrected chi connectivity index (χ0v) is 12.9. The third-order valence-corrected chi connectivity index (χ3v) is 6.75. The molecule has 0 aromatic heterocycles. The molecule has 7 nitrogen and oxygen atoms in total. The number of hydrogen-bond acceptors (Lipinski definition) is 5. The molecule has 2 saturated heterocycles. The first kappa shape index (κ1) is 15.4. The normalized spacial score (nSPS) is 28.7. The average Bonchev–Trinajstić information content (AvgIpc) is 2.55. The van der Waals surface area contributed by atoms with Crippen LogP contribution in [0.5, 0.6) is 0 Å². The molecule has 1 aliphatic carbocycles. The second-order valence-corrected chi connectivity index (χ2v) is 7.90. The van der Waals surface area contributed by atoms with Crippen molar-refractivity contribution in [3.8, 4) is 0 Å². The van der Waals surface area contributed by atoms with E-state index < -0.39 is 14.9 Å². The van der Waals surface area contributed by atoms with Crippen LogP contribution in [-0.2, 0) is 10.0 Å². The van der Waals surface area contributed by atoms with Crippen LogP contribution in [0, 0.1) is 22.0 Å². The van der Waals surface area contributed by atoms with E-state index in [0.29, 0.717) is 19.0 Å². The van der Waals surface area contributed by atoms with Crippen molar-refractivity contribution < 1.29 is 13.3 Å². The smallest absolute Gasteiger partial charge is 0.289 e. The maximum Gasteiger partial charge on any atom is 0.289 e. The zero-order chi connectivity index (χ0) is 15.9. The van der Waals surface area contributed by atoms with E-state index in [1.807, 2.05) is 0 Å². The number of hydrogen-bond donors (Lipinski definition) is 1. The van der Waals surface area contributed by atoms with Crippen molar-refractivity contribution in [3.05, 3.63) is 34.4 Å². The maximum atomic E-state index is 12.9. The highest BCUT2D eigenvalue weighted by Gasteiger charge is 2.46. The fraction of sp³-hybridized carbons (Fsp3) is 0.571. The summed E-state index contributed by atoms with van der Waals surface area (Å²) in [5.41, 5.74) is 5.42. The quantitative estimate of drug-likeness (QED) is 0.664. The van der Waals surface area contributed by atoms with E-state index in [0.717, 1.165) is 19.3 Å². The van der Waals surface area contributed by atoms with Crippen molar-refractivity contribution in [2.24, 2.45) is 17.6 Å². The first-order valence-electron chi connectivity index (χ1n) is 7.40. The van der Waals surface area contributed by atoms with Crippen LogP contribution in [0.25, 0.3) is 0 Å². The Hall–Kier alpha value is -1.51. The molecular formula is C14H19N3O4S. The number of nitro benzene ring substituents is 1. The van der Waals surface area contributed by atoms with Gasteiger partial charge in [0.25, 0.3) is 5.69 Å². The largest absolute Gasteiger partial charge is 0.330 e. The molecule has 120 valence electrons. The summed E-state index contributed by atoms with van der Waals surface area (Å²) in [5.74, 6) is 0.445. The standard InChI is InChI=1S/C14H19N3O4S/c15-8-11-7-10-5-6-12(11)16(9-10)22(20,21)14-4-2-1-3-13(14)17(18)19/h1-4,10-12H,5-9,15H2. The van der Waals surface area contributed by atoms with Crippen molar-refractivity contribution >= 4 is 15.7 Å². The molecule has 1 aromatic carbocycles. The Labute approximate surface area is 129 Å². The van der Waals surface area contributed by atoms with Crippen LogP contribution in [0.1, 0.15) is 19.3 Å². The minimum Gasteiger partial charge on any atom is -0.330 e. The van der Waals surface area contributed by atoms with E-state index in [-0.39, 0.29) is 22.5 Å². The van der Waals surface area contributed by atoms with E-state index in [9.17, 15) is 18.5 Å². The van der Waals surface area contributed by atoms with Gasteiger partial charge in [-0.25, -0.2) is 8.42 Å². The van der Waals surface area contributed by atoms with Crippen LogP contribution in [0.3, 0.4) is 0 Å². The molecule has 2 aliphatic heterocycles. The molecule has 22 heavy (non-hydrogen) atoms. The Morgan fingerprint density at radius 3 is 2.68 bits per heavy atom. The van der Waals surface area contributed by atoms with Crippen molar-refractivity contribution in [2.75, 3.05) is 13.1 Å². The van der Waals surface area contributed by atoms with Gasteiger partial charge in [-0.1, -0.05) is 12.1 Å². The van der Waals surface area contributed by atoms with E-state index in [4.69, 9.17) is 5.73 Å². The Bertz CT molecular complexity index is 691. The van der Waals surface area contributed by atoms with Crippen molar-refractivity contribution in [1.82, 2.24) is 4.31 Å². The predicted molar refractivity (Wildman–Crippen MR) is 80.7 cm³/mol. The monoisotopic (exact) mass is 325 g/mol. The van der Waals surface area contributed by atoms with Gasteiger partial charge in [0.2, 0.25) is 10.0 Å². The lowest BCUT2D eigenvalue weighted by molar-refractivity contribution is -0.387. The number of nitro groups is 1. The highest BCUT2D eigenvalue weighted by Crippen LogP contribution is 2.42. The lowest BCUT2D eigenvalue weighted by Gasteiger charge is -2.48. The molecule has 2 N–H and O–H groups in total. The van der Waals surface area contributed by atoms with Gasteiger partial charge in [-0.2, -0.15) is 4.31 Å². The molecule has 3 unspecified atom stereocenters. The summed E-state index contributed by atoms with van der Waals surface area (Å²) in [7, 11) is -3.88. The van der Waals surface area contributed by atoms with E-state index in [1.54, 1.807) is 0 Å². The minimum absolute atomic E-state index is 0.139. The fourth-order valence-electron chi connectivity index (χ4n) is 3.76. The van der Waals surface area contributed by atoms with Gasteiger partial charge in [0.1, 0.15) is 0 Å². The molecule has 8 heteroatoms. The third-order valence-electron chi connectivity index (χ3n) is 4.81. The van der Waals surface area contributed by atoms with E-state index in [1.165, 1.54) is 28.6 Å². The van der Waals surface area contributed by atoms with Gasteiger partial charge >= 0.3 is 0 Å². The third kappa shape index (κ3) is 2.41. The molecule has 4 rings (SSSR count). The second-order valence-electron chi connectivity index (χ2n) is 6.04. The van der Waals surface area contributed by atoms with Gasteiger partial charge < -0.3 is 5.73 Å². The molecule has 1 saturated carbocycles. The van der Waals surface area contributed by atoms with Crippen LogP contribution in [0.2, 0.25) is 0 Å². The number of fused-ring (bicyclic) bond motifs is 3. The number of nitrogens with zero attached hydrogens (tertiary/aromatic N) is 2. The SMILES string of the molecule is NCC1CC2CCC1N(S(=O)(=O)c1ccccc1[N+](=O)[O-])C2. The number of sulfonamides is 1. The first-order valence-corrected chi connectivity index (χ1v) is 8.84. The van der Waals surface area contributed by atoms with E-state index >= 15 is 0 Å². The first-order chi connectivity index (χ1) is 10.4. The lowest BCUT2D eigenvalue weighted by Crippen LogP contribution is -2.56. The van der Waals surface area contributed by atoms with Crippen LogP contribution in [0.15, 0.2) is 29.2 Å². The molecule has 0 radical (unpaired) electrons. The number of para-hydroxylation sites is 1. The van der Waals surface area contributed by atoms with Gasteiger partial charge in [0, 0.05) is 18.7 Å². The van der Waals surface area contributed by atoms with Crippen molar-refractivity contribution in [2.45, 2.75) is 30.2 Å². The zero-order valence-electron chi connectivity index (χ0n) is 12.1. The highest BCUT2D eigenvalue weighted by molar-refractivity contribution is 7.89. The molecule has 2 heterocycles. The Morgan fingerprint density at radius 1 is 1.32 bits per heavy atom. The van der Waals surface area contributed by atoms with Crippen LogP contribution < -0.4 is 5.73 Å². The lowest BCUT2D eigenvalue weighted by atomic mass is 9.74. The summed E-state index contributed by atoms with van der Waals surface area (Å²) in [6.45, 7) is 0.889. The Morgan fingerprint density at radius 2 is 2.05 bits per heavy atom. The molecule has 3 atom stereocenters. The molecule has 0 spiro atoms. The molecular weight excluding hydrogens is 306 g/mol. The fourth-order valence-corrected chi connectivity index (χ4v) is 5.71. The van der Waals surface area contributed by atoms with Gasteiger partial charge in [-0.05, 0) is 43.7 Å². The number of piperidine rings is 2. The van der Waals surface area contributed by atoms with E-state index in [2.05, 4.69) is 0 Å². The van der Waals surface area contributed by atoms with Crippen LogP contribution in [0.4, 0.5) is 5.69 Å². The number of benzene rings is 1. The second kappa shape index (κ2) is 5.60. The summed E-state index contributed by atoms with van der Waals surface area (Å²) in [5, 5.41) is 11.1. The summed E-state index contributed by atoms with van der Waals surface area (Å²) in [6, 6.07) is 5.40. The molecule has 1 aromatic rings. The highest BCUT2D eigenvalue weighted by atomic mass is 32.2. The topological polar surface area (TPSA) is 107 Å². The number of rotatable bonds is 4. The summed E-state index contributed by atoms with van der Waals surface area (Å²) >= 11 is 0. The predicted octanol–water partition coefficient (Wildman–Crippen LogP) is 1.34. The molecule has 3 aliphatic rings. The Balaban J connectivity index is 2.02. The average molecular weight is 325 g/mol. The molecule has 3 fully saturated rings. The summed E-state index contributed by atoms with van der Waals surface area (Å²) < 4.78 is 27.3. The van der Waals surface area contributed by atoms with Crippen molar-refractivity contribution in [1.29, 1.82) is 0 Å². The van der Waals surface area contributed by atoms with Gasteiger partial charge in [0.05, 0.1) is 4.92 Å². The Kier molecular flexibility index (Phi) is 3.92. The summed E-state index contributed by atoms with van der Waals surface area (Å²) in [6.07, 6.45) is 2.74. The van der Waals surface area contributed by atoms with Gasteiger partial charge in [-0.15, -0.1) is 0 Å². The summed E-state index contributed by atoms with van der Waals surface area (Å²) in [4.78, 5) is 10.3. The van der Waals surface area contributed by atoms with Crippen LogP contribution >= 0.6 is 0 Å². The minimum atomic E-state index is -3.88. The maximum absolute atomic E-state index is 12.9. The molecule has 2 bridgehead atoms. The molecule has 0 amide bonds. The van der Waals surface area contributed by atoms with Crippen molar-refractivity contribution in [3.63, 3.8) is 0 Å².